The van der Waals surface area contributed by atoms with Gasteiger partial charge in [0.1, 0.15) is 23.4 Å². The average molecular weight is 638 g/mol. The maximum atomic E-state index is 13.6. The van der Waals surface area contributed by atoms with Gasteiger partial charge in [0.25, 0.3) is 5.91 Å². The van der Waals surface area contributed by atoms with Gasteiger partial charge in [-0.05, 0) is 78.4 Å². The van der Waals surface area contributed by atoms with E-state index in [0.717, 1.165) is 5.56 Å². The van der Waals surface area contributed by atoms with Gasteiger partial charge in [-0.15, -0.1) is 0 Å². The van der Waals surface area contributed by atoms with Crippen molar-refractivity contribution in [3.05, 3.63) is 95.6 Å². The van der Waals surface area contributed by atoms with Crippen LogP contribution in [0, 0.1) is 23.5 Å². The molecule has 5 N–H and O–H groups in total. The molecule has 1 heterocycles. The molecular weight excluding hydrogens is 600 g/mol. The molecule has 3 aromatic rings. The number of anilines is 1. The third-order valence-corrected chi connectivity index (χ3v) is 8.21. The van der Waals surface area contributed by atoms with E-state index in [4.69, 9.17) is 15.6 Å². The lowest BCUT2D eigenvalue weighted by Gasteiger charge is -2.48. The Morgan fingerprint density at radius 1 is 0.978 bits per heavy atom. The summed E-state index contributed by atoms with van der Waals surface area (Å²) < 4.78 is 32.5. The van der Waals surface area contributed by atoms with Crippen LogP contribution in [0.5, 0.6) is 5.75 Å². The lowest BCUT2D eigenvalue weighted by atomic mass is 9.78. The van der Waals surface area contributed by atoms with Crippen LogP contribution in [0.25, 0.3) is 0 Å². The molecule has 4 rings (SSSR count). The summed E-state index contributed by atoms with van der Waals surface area (Å²) >= 11 is 0. The number of aliphatic hydroxyl groups is 1. The molecule has 5 atom stereocenters. The van der Waals surface area contributed by atoms with Crippen LogP contribution in [0.4, 0.5) is 14.5 Å². The fourth-order valence-electron chi connectivity index (χ4n) is 5.54. The Labute approximate surface area is 265 Å². The first-order chi connectivity index (χ1) is 22.0. The Hall–Kier alpha value is -4.68. The minimum absolute atomic E-state index is 0.0721. The van der Waals surface area contributed by atoms with Crippen molar-refractivity contribution >= 4 is 29.3 Å². The van der Waals surface area contributed by atoms with Crippen molar-refractivity contribution in [2.24, 2.45) is 17.6 Å². The molecule has 46 heavy (non-hydrogen) atoms. The third-order valence-electron chi connectivity index (χ3n) is 8.21. The molecule has 2 amide bonds. The first kappa shape index (κ1) is 34.2. The molecule has 1 unspecified atom stereocenters. The number of nitrogens with one attached hydrogen (secondary N) is 1. The molecule has 12 heteroatoms. The number of carbonyl (C=O) groups excluding carboxylic acids is 3. The summed E-state index contributed by atoms with van der Waals surface area (Å²) in [6.07, 6.45) is 0.0542. The normalized spacial score (nSPS) is 17.8. The van der Waals surface area contributed by atoms with Gasteiger partial charge >= 0.3 is 5.97 Å². The predicted octanol–water partition coefficient (Wildman–Crippen LogP) is 4.08. The molecule has 0 bridgehead atoms. The number of benzene rings is 3. The zero-order valence-electron chi connectivity index (χ0n) is 25.3. The number of rotatable bonds is 16. The highest BCUT2D eigenvalue weighted by Gasteiger charge is 2.48. The molecule has 1 saturated heterocycles. The van der Waals surface area contributed by atoms with Crippen LogP contribution < -0.4 is 20.7 Å². The van der Waals surface area contributed by atoms with E-state index in [1.54, 1.807) is 36.1 Å². The minimum Gasteiger partial charge on any atom is -0.484 e. The standard InChI is InChI=1S/C34H37F2N3O7/c1-2-20(31(37)34(44)45)17-26(40)18-38-30(42)19-46-27-13-5-22(6-14-27)32-28(15-16-29(41)21-3-7-23(35)8-4-21)33(43)39(32)25-11-9-24(36)10-12-25/h3-14,20,28-29,31-32,41H,2,15-19,37H2,1H3,(H,38,42)(H,44,45)/t20?,28-,29+,31-,32-/m1/s1. The Kier molecular flexibility index (Phi) is 11.6. The molecule has 1 aliphatic heterocycles. The molecule has 10 nitrogen and oxygen atoms in total. The van der Waals surface area contributed by atoms with E-state index in [1.807, 2.05) is 0 Å². The van der Waals surface area contributed by atoms with E-state index in [0.29, 0.717) is 29.8 Å². The van der Waals surface area contributed by atoms with Gasteiger partial charge in [-0.25, -0.2) is 8.78 Å². The Morgan fingerprint density at radius 2 is 1.59 bits per heavy atom. The van der Waals surface area contributed by atoms with Gasteiger partial charge in [0, 0.05) is 12.1 Å². The lowest BCUT2D eigenvalue weighted by Crippen LogP contribution is -2.55. The van der Waals surface area contributed by atoms with Crippen molar-refractivity contribution in [3.8, 4) is 5.75 Å². The second kappa shape index (κ2) is 15.5. The number of carboxylic acid groups (broad SMARTS) is 1. The first-order valence-electron chi connectivity index (χ1n) is 15.0. The molecule has 3 aromatic carbocycles. The fourth-order valence-corrected chi connectivity index (χ4v) is 5.54. The van der Waals surface area contributed by atoms with Crippen molar-refractivity contribution in [3.63, 3.8) is 0 Å². The smallest absolute Gasteiger partial charge is 0.320 e. The van der Waals surface area contributed by atoms with Crippen molar-refractivity contribution < 1.29 is 42.9 Å². The third kappa shape index (κ3) is 8.52. The summed E-state index contributed by atoms with van der Waals surface area (Å²) in [5, 5.41) is 22.2. The van der Waals surface area contributed by atoms with Gasteiger partial charge in [-0.2, -0.15) is 0 Å². The van der Waals surface area contributed by atoms with Crippen molar-refractivity contribution in [1.82, 2.24) is 5.32 Å². The van der Waals surface area contributed by atoms with E-state index < -0.39 is 53.5 Å². The number of aliphatic hydroxyl groups excluding tert-OH is 1. The quantitative estimate of drug-likeness (QED) is 0.171. The highest BCUT2D eigenvalue weighted by Crippen LogP contribution is 2.46. The van der Waals surface area contributed by atoms with Gasteiger partial charge in [0.15, 0.2) is 12.4 Å². The number of hydrogen-bond donors (Lipinski definition) is 4. The predicted molar refractivity (Wildman–Crippen MR) is 165 cm³/mol. The highest BCUT2D eigenvalue weighted by molar-refractivity contribution is 6.03. The van der Waals surface area contributed by atoms with E-state index in [2.05, 4.69) is 5.32 Å². The highest BCUT2D eigenvalue weighted by atomic mass is 19.1. The average Bonchev–Trinajstić information content (AvgIpc) is 3.05. The number of nitrogens with zero attached hydrogens (tertiary/aromatic N) is 1. The van der Waals surface area contributed by atoms with Crippen LogP contribution >= 0.6 is 0 Å². The van der Waals surface area contributed by atoms with Gasteiger partial charge in [0.05, 0.1) is 24.6 Å². The first-order valence-corrected chi connectivity index (χ1v) is 15.0. The number of carboxylic acids is 1. The van der Waals surface area contributed by atoms with Gasteiger partial charge in [-0.1, -0.05) is 37.6 Å². The number of nitrogens with two attached hydrogens (primary N) is 1. The molecule has 1 aliphatic rings. The molecule has 1 fully saturated rings. The number of ether oxygens (including phenoxy) is 1. The van der Waals surface area contributed by atoms with E-state index in [1.165, 1.54) is 48.5 Å². The number of carbonyl (C=O) groups is 4. The number of β-lactam (4-membered cyclic amide) rings is 1. The topological polar surface area (TPSA) is 159 Å². The Morgan fingerprint density at radius 3 is 2.17 bits per heavy atom. The fraction of sp³-hybridized carbons (Fsp3) is 0.353. The molecule has 0 radical (unpaired) electrons. The molecule has 0 spiro atoms. The SMILES string of the molecule is CCC(CC(=O)CNC(=O)COc1ccc([C@@H]2[C@@H](CC[C@H](O)c3ccc(F)cc3)C(=O)N2c2ccc(F)cc2)cc1)[C@@H](N)C(=O)O. The van der Waals surface area contributed by atoms with Crippen molar-refractivity contribution in [1.29, 1.82) is 0 Å². The number of ketones is 1. The number of amides is 2. The van der Waals surface area contributed by atoms with Gasteiger partial charge in [0.2, 0.25) is 5.91 Å². The maximum absolute atomic E-state index is 13.6. The zero-order chi connectivity index (χ0) is 33.4. The molecule has 0 aromatic heterocycles. The molecular formula is C34H37F2N3O7. The van der Waals surface area contributed by atoms with Gasteiger partial charge in [-0.3, -0.25) is 19.2 Å². The van der Waals surface area contributed by atoms with Crippen LogP contribution in [-0.4, -0.2) is 53.0 Å². The van der Waals surface area contributed by atoms with Crippen LogP contribution in [-0.2, 0) is 19.2 Å². The second-order valence-electron chi connectivity index (χ2n) is 11.3. The van der Waals surface area contributed by atoms with Crippen molar-refractivity contribution in [2.75, 3.05) is 18.1 Å². The van der Waals surface area contributed by atoms with E-state index in [9.17, 15) is 33.1 Å². The Bertz CT molecular complexity index is 1520. The lowest BCUT2D eigenvalue weighted by molar-refractivity contribution is -0.140. The van der Waals surface area contributed by atoms with Gasteiger partial charge < -0.3 is 30.9 Å². The molecule has 244 valence electrons. The maximum Gasteiger partial charge on any atom is 0.320 e. The van der Waals surface area contributed by atoms with Crippen LogP contribution in [0.1, 0.15) is 55.9 Å². The molecule has 0 aliphatic carbocycles. The summed E-state index contributed by atoms with van der Waals surface area (Å²) in [7, 11) is 0. The zero-order valence-corrected chi connectivity index (χ0v) is 25.3. The van der Waals surface area contributed by atoms with Crippen LogP contribution in [0.3, 0.4) is 0 Å². The minimum atomic E-state index is -1.19. The monoisotopic (exact) mass is 637 g/mol. The number of hydrogen-bond acceptors (Lipinski definition) is 7. The number of halogens is 2. The van der Waals surface area contributed by atoms with Crippen molar-refractivity contribution in [2.45, 2.75) is 50.8 Å². The number of aliphatic carboxylic acids is 1. The second-order valence-corrected chi connectivity index (χ2v) is 11.3. The summed E-state index contributed by atoms with van der Waals surface area (Å²) in [5.74, 6) is -3.75. The van der Waals surface area contributed by atoms with Crippen LogP contribution in [0.2, 0.25) is 0 Å². The largest absolute Gasteiger partial charge is 0.484 e. The summed E-state index contributed by atoms with van der Waals surface area (Å²) in [6, 6.07) is 16.3. The summed E-state index contributed by atoms with van der Waals surface area (Å²) in [5.41, 5.74) is 7.45. The molecule has 0 saturated carbocycles. The summed E-state index contributed by atoms with van der Waals surface area (Å²) in [4.78, 5) is 50.5. The van der Waals surface area contributed by atoms with E-state index in [-0.39, 0.29) is 37.7 Å². The summed E-state index contributed by atoms with van der Waals surface area (Å²) in [6.45, 7) is 1.09. The van der Waals surface area contributed by atoms with Crippen LogP contribution in [0.15, 0.2) is 72.8 Å². The van der Waals surface area contributed by atoms with E-state index >= 15 is 0 Å². The number of Topliss-reactive ketones (excluding diaryl/α,β-unsaturated/α-hetero) is 1. The Balaban J connectivity index is 1.36.